The van der Waals surface area contributed by atoms with Crippen LogP contribution in [0.5, 0.6) is 0 Å². The molecular weight excluding hydrogens is 182 g/mol. The van der Waals surface area contributed by atoms with Gasteiger partial charge in [-0.15, -0.1) is 0 Å². The van der Waals surface area contributed by atoms with Crippen molar-refractivity contribution in [3.63, 3.8) is 0 Å². The first-order valence-corrected chi connectivity index (χ1v) is 4.42. The van der Waals surface area contributed by atoms with Gasteiger partial charge < -0.3 is 4.90 Å². The van der Waals surface area contributed by atoms with Crippen LogP contribution in [0.25, 0.3) is 10.4 Å². The third kappa shape index (κ3) is 1.60. The van der Waals surface area contributed by atoms with Crippen LogP contribution in [-0.2, 0) is 10.2 Å². The first kappa shape index (κ1) is 8.69. The molecule has 7 nitrogen and oxygen atoms in total. The molecule has 8 heteroatoms. The van der Waals surface area contributed by atoms with Crippen molar-refractivity contribution in [1.82, 2.24) is 9.21 Å². The smallest absolute Gasteiger partial charge is 0.325 e. The van der Waals surface area contributed by atoms with Crippen LogP contribution in [0.3, 0.4) is 0 Å². The van der Waals surface area contributed by atoms with Gasteiger partial charge in [0.25, 0.3) is 0 Å². The van der Waals surface area contributed by atoms with E-state index in [1.807, 2.05) is 0 Å². The van der Waals surface area contributed by atoms with Crippen molar-refractivity contribution in [2.75, 3.05) is 13.7 Å². The standard InChI is InChI=1S/C4H7N5O2S/c1-8-2-3-9(4-8)12(10,11)7-6-5/h2-3H,4H2,1H3. The maximum Gasteiger partial charge on any atom is 0.325 e. The average molecular weight is 189 g/mol. The summed E-state index contributed by atoms with van der Waals surface area (Å²) in [6.07, 6.45) is 2.91. The Bertz CT molecular complexity index is 340. The van der Waals surface area contributed by atoms with Crippen molar-refractivity contribution in [3.05, 3.63) is 22.8 Å². The SMILES string of the molecule is CN1C=CN(S(=O)(=O)N=[N+]=[N-])C1. The highest BCUT2D eigenvalue weighted by atomic mass is 32.2. The molecule has 0 saturated carbocycles. The van der Waals surface area contributed by atoms with E-state index < -0.39 is 10.2 Å². The molecule has 1 heterocycles. The predicted molar refractivity (Wildman–Crippen MR) is 41.7 cm³/mol. The lowest BCUT2D eigenvalue weighted by Crippen LogP contribution is -2.26. The van der Waals surface area contributed by atoms with E-state index in [0.29, 0.717) is 0 Å². The van der Waals surface area contributed by atoms with Crippen LogP contribution >= 0.6 is 0 Å². The molecule has 12 heavy (non-hydrogen) atoms. The summed E-state index contributed by atoms with van der Waals surface area (Å²) < 4.78 is 25.6. The molecule has 1 aliphatic rings. The van der Waals surface area contributed by atoms with Gasteiger partial charge in [0.2, 0.25) is 0 Å². The molecule has 0 aliphatic carbocycles. The number of hydrogen-bond donors (Lipinski definition) is 0. The Balaban J connectivity index is 2.86. The summed E-state index contributed by atoms with van der Waals surface area (Å²) in [5.74, 6) is 0. The van der Waals surface area contributed by atoms with Crippen molar-refractivity contribution in [1.29, 1.82) is 0 Å². The van der Waals surface area contributed by atoms with Crippen molar-refractivity contribution in [2.45, 2.75) is 0 Å². The quantitative estimate of drug-likeness (QED) is 0.353. The molecule has 0 radical (unpaired) electrons. The Morgan fingerprint density at radius 1 is 1.58 bits per heavy atom. The van der Waals surface area contributed by atoms with Crippen LogP contribution in [0.1, 0.15) is 0 Å². The van der Waals surface area contributed by atoms with Gasteiger partial charge in [0.1, 0.15) is 6.67 Å². The van der Waals surface area contributed by atoms with Crippen LogP contribution in [0.4, 0.5) is 0 Å². The van der Waals surface area contributed by atoms with Crippen molar-refractivity contribution in [3.8, 4) is 0 Å². The van der Waals surface area contributed by atoms with Gasteiger partial charge in [-0.2, -0.15) is 8.42 Å². The molecule has 1 aliphatic heterocycles. The fourth-order valence-electron chi connectivity index (χ4n) is 0.745. The highest BCUT2D eigenvalue weighted by Gasteiger charge is 2.20. The van der Waals surface area contributed by atoms with E-state index in [1.54, 1.807) is 18.1 Å². The van der Waals surface area contributed by atoms with Crippen molar-refractivity contribution in [2.24, 2.45) is 4.52 Å². The van der Waals surface area contributed by atoms with Gasteiger partial charge in [0, 0.05) is 24.4 Å². The third-order valence-electron chi connectivity index (χ3n) is 1.29. The van der Waals surface area contributed by atoms with E-state index in [0.717, 1.165) is 4.31 Å². The van der Waals surface area contributed by atoms with E-state index in [9.17, 15) is 8.42 Å². The van der Waals surface area contributed by atoms with Crippen LogP contribution in [0, 0.1) is 0 Å². The van der Waals surface area contributed by atoms with Gasteiger partial charge in [-0.3, -0.25) is 4.31 Å². The Kier molecular flexibility index (Phi) is 2.11. The monoisotopic (exact) mass is 189 g/mol. The molecule has 1 rings (SSSR count). The molecule has 0 bridgehead atoms. The molecule has 0 spiro atoms. The van der Waals surface area contributed by atoms with Crippen molar-refractivity contribution < 1.29 is 8.42 Å². The Hall–Kier alpha value is -1.40. The van der Waals surface area contributed by atoms with E-state index in [-0.39, 0.29) is 6.67 Å². The Labute approximate surface area is 69.7 Å². The second kappa shape index (κ2) is 2.92. The molecular formula is C4H7N5O2S. The number of nitrogens with zero attached hydrogens (tertiary/aromatic N) is 5. The largest absolute Gasteiger partial charge is 0.361 e. The molecule has 0 atom stereocenters. The molecule has 0 N–H and O–H groups in total. The van der Waals surface area contributed by atoms with Crippen LogP contribution in [-0.4, -0.2) is 31.3 Å². The minimum atomic E-state index is -3.83. The van der Waals surface area contributed by atoms with Crippen molar-refractivity contribution >= 4 is 10.2 Å². The minimum Gasteiger partial charge on any atom is -0.361 e. The summed E-state index contributed by atoms with van der Waals surface area (Å²) in [5, 5.41) is 0. The zero-order chi connectivity index (χ0) is 9.19. The number of azide groups is 1. The van der Waals surface area contributed by atoms with Gasteiger partial charge in [-0.05, 0) is 5.53 Å². The molecule has 0 unspecified atom stereocenters. The molecule has 0 aromatic heterocycles. The molecule has 0 aromatic carbocycles. The van der Waals surface area contributed by atoms with E-state index >= 15 is 0 Å². The lowest BCUT2D eigenvalue weighted by molar-refractivity contribution is 0.386. The lowest BCUT2D eigenvalue weighted by Gasteiger charge is -2.14. The average Bonchev–Trinajstić information content (AvgIpc) is 2.36. The summed E-state index contributed by atoms with van der Waals surface area (Å²) in [6, 6.07) is 0. The molecule has 0 saturated heterocycles. The second-order valence-corrected chi connectivity index (χ2v) is 3.76. The molecule has 0 fully saturated rings. The Morgan fingerprint density at radius 2 is 2.25 bits per heavy atom. The van der Waals surface area contributed by atoms with Gasteiger partial charge in [-0.25, -0.2) is 0 Å². The van der Waals surface area contributed by atoms with Crippen LogP contribution < -0.4 is 0 Å². The Morgan fingerprint density at radius 3 is 2.67 bits per heavy atom. The van der Waals surface area contributed by atoms with Gasteiger partial charge in [0.05, 0.1) is 4.52 Å². The van der Waals surface area contributed by atoms with E-state index in [2.05, 4.69) is 9.43 Å². The highest BCUT2D eigenvalue weighted by Crippen LogP contribution is 2.10. The molecule has 0 aromatic rings. The third-order valence-corrected chi connectivity index (χ3v) is 2.40. The number of hydrogen-bond acceptors (Lipinski definition) is 3. The number of rotatable bonds is 2. The minimum absolute atomic E-state index is 0.182. The normalized spacial score (nSPS) is 16.4. The second-order valence-electron chi connectivity index (χ2n) is 2.23. The molecule has 66 valence electrons. The van der Waals surface area contributed by atoms with Crippen LogP contribution in [0.15, 0.2) is 16.9 Å². The summed E-state index contributed by atoms with van der Waals surface area (Å²) in [5.41, 5.74) is 7.94. The maximum absolute atomic E-state index is 11.0. The molecule has 0 amide bonds. The van der Waals surface area contributed by atoms with E-state index in [4.69, 9.17) is 5.53 Å². The van der Waals surface area contributed by atoms with Gasteiger partial charge in [0.15, 0.2) is 0 Å². The first-order chi connectivity index (χ1) is 5.56. The predicted octanol–water partition coefficient (Wildman–Crippen LogP) is 0.218. The zero-order valence-electron chi connectivity index (χ0n) is 6.32. The van der Waals surface area contributed by atoms with Gasteiger partial charge in [-0.1, -0.05) is 0 Å². The first-order valence-electron chi connectivity index (χ1n) is 3.03. The summed E-state index contributed by atoms with van der Waals surface area (Å²) in [6.45, 7) is 0.182. The fraction of sp³-hybridized carbons (Fsp3) is 0.500. The van der Waals surface area contributed by atoms with E-state index in [1.165, 1.54) is 6.20 Å². The highest BCUT2D eigenvalue weighted by molar-refractivity contribution is 7.87. The summed E-state index contributed by atoms with van der Waals surface area (Å²) >= 11 is 0. The zero-order valence-corrected chi connectivity index (χ0v) is 7.14. The van der Waals surface area contributed by atoms with Gasteiger partial charge >= 0.3 is 10.2 Å². The lowest BCUT2D eigenvalue weighted by atomic mass is 10.9. The summed E-state index contributed by atoms with van der Waals surface area (Å²) in [4.78, 5) is 3.86. The summed E-state index contributed by atoms with van der Waals surface area (Å²) in [7, 11) is -2.12. The van der Waals surface area contributed by atoms with Crippen LogP contribution in [0.2, 0.25) is 0 Å². The topological polar surface area (TPSA) is 89.4 Å². The fourth-order valence-corrected chi connectivity index (χ4v) is 1.47. The maximum atomic E-state index is 11.0.